The first kappa shape index (κ1) is 46.2. The van der Waals surface area contributed by atoms with E-state index in [-0.39, 0.29) is 56.3 Å². The lowest BCUT2D eigenvalue weighted by Gasteiger charge is -2.75. The molecule has 0 amide bonds. The van der Waals surface area contributed by atoms with Gasteiger partial charge in [-0.3, -0.25) is 19.3 Å². The van der Waals surface area contributed by atoms with Crippen LogP contribution in [0.4, 0.5) is 4.39 Å². The second kappa shape index (κ2) is 15.8. The topological polar surface area (TPSA) is 107 Å². The predicted molar refractivity (Wildman–Crippen MR) is 231 cm³/mol. The maximum atomic E-state index is 15.3. The Hall–Kier alpha value is -2.33. The molecule has 0 aliphatic heterocycles. The van der Waals surface area contributed by atoms with E-state index < -0.39 is 34.7 Å². The van der Waals surface area contributed by atoms with Crippen LogP contribution in [0.25, 0.3) is 0 Å². The molecule has 4 fully saturated rings. The van der Waals surface area contributed by atoms with E-state index in [4.69, 9.17) is 16.3 Å². The Morgan fingerprint density at radius 2 is 1.63 bits per heavy atom. The van der Waals surface area contributed by atoms with Crippen LogP contribution in [0.3, 0.4) is 0 Å². The van der Waals surface area contributed by atoms with Crippen LogP contribution in [0, 0.1) is 61.5 Å². The lowest BCUT2D eigenvalue weighted by molar-refractivity contribution is -0.252. The molecule has 0 unspecified atom stereocenters. The number of ether oxygens (including phenoxy) is 1. The van der Waals surface area contributed by atoms with Crippen molar-refractivity contribution in [3.8, 4) is 0 Å². The van der Waals surface area contributed by atoms with E-state index in [2.05, 4.69) is 65.2 Å². The molecule has 2 N–H and O–H groups in total. The lowest BCUT2D eigenvalue weighted by Crippen LogP contribution is -2.69. The summed E-state index contributed by atoms with van der Waals surface area (Å²) in [6.45, 7) is 23.9. The summed E-state index contributed by atoms with van der Waals surface area (Å²) in [7, 11) is 4.03. The van der Waals surface area contributed by atoms with Crippen molar-refractivity contribution in [1.82, 2.24) is 9.80 Å². The number of aliphatic carboxylic acids is 1. The number of aliphatic hydroxyl groups excluding tert-OH is 1. The Bertz CT molecular complexity index is 1860. The first-order chi connectivity index (χ1) is 27.2. The number of carbonyl (C=O) groups excluding carboxylic acids is 2. The Labute approximate surface area is 359 Å². The smallest absolute Gasteiger partial charge is 0.309 e. The van der Waals surface area contributed by atoms with Gasteiger partial charge < -0.3 is 19.8 Å². The molecule has 10 heteroatoms. The maximum Gasteiger partial charge on any atom is 0.309 e. The molecule has 5 aliphatic rings. The molecular weight excluding hydrogens is 767 g/mol. The van der Waals surface area contributed by atoms with Crippen LogP contribution >= 0.6 is 11.6 Å². The van der Waals surface area contributed by atoms with Gasteiger partial charge in [0.25, 0.3) is 0 Å². The minimum absolute atomic E-state index is 0.00142. The summed E-state index contributed by atoms with van der Waals surface area (Å²) >= 11 is 6.22. The molecule has 0 aromatic heterocycles. The zero-order chi connectivity index (χ0) is 43.9. The van der Waals surface area contributed by atoms with E-state index in [0.717, 1.165) is 63.5 Å². The average Bonchev–Trinajstić information content (AvgIpc) is 3.45. The van der Waals surface area contributed by atoms with Gasteiger partial charge in [-0.2, -0.15) is 0 Å². The van der Waals surface area contributed by atoms with Crippen LogP contribution in [-0.2, 0) is 25.7 Å². The van der Waals surface area contributed by atoms with E-state index in [9.17, 15) is 24.6 Å². The number of fused-ring (bicyclic) bond motifs is 7. The molecule has 8 nitrogen and oxygen atoms in total. The van der Waals surface area contributed by atoms with Crippen molar-refractivity contribution in [3.05, 3.63) is 45.7 Å². The van der Waals surface area contributed by atoms with Crippen molar-refractivity contribution in [2.75, 3.05) is 33.7 Å². The summed E-state index contributed by atoms with van der Waals surface area (Å²) in [5, 5.41) is 22.5. The number of carbonyl (C=O) groups is 3. The molecule has 9 atom stereocenters. The zero-order valence-electron chi connectivity index (χ0n) is 38.2. The molecule has 1 aromatic carbocycles. The molecule has 1 aromatic rings. The van der Waals surface area contributed by atoms with Crippen LogP contribution < -0.4 is 0 Å². The van der Waals surface area contributed by atoms with E-state index >= 15 is 4.39 Å². The molecule has 5 aliphatic carbocycles. The molecule has 59 heavy (non-hydrogen) atoms. The van der Waals surface area contributed by atoms with Crippen LogP contribution in [0.15, 0.2) is 29.3 Å². The molecule has 0 spiro atoms. The highest BCUT2D eigenvalue weighted by Gasteiger charge is 2.74. The summed E-state index contributed by atoms with van der Waals surface area (Å²) in [6.07, 6.45) is 6.34. The Kier molecular flexibility index (Phi) is 12.4. The van der Waals surface area contributed by atoms with E-state index in [1.165, 1.54) is 5.57 Å². The number of benzene rings is 1. The summed E-state index contributed by atoms with van der Waals surface area (Å²) in [5.41, 5.74) is -0.0554. The van der Waals surface area contributed by atoms with Crippen molar-refractivity contribution < 1.29 is 33.7 Å². The number of Topliss-reactive ketones (excluding diaryl/α,β-unsaturated/α-hetero) is 1. The quantitative estimate of drug-likeness (QED) is 0.189. The second-order valence-corrected chi connectivity index (χ2v) is 22.8. The van der Waals surface area contributed by atoms with Crippen LogP contribution in [-0.4, -0.2) is 83.7 Å². The number of likely N-dealkylation sites (N-methyl/N-ethyl adjacent to an activating group) is 1. The minimum atomic E-state index is -1.19. The van der Waals surface area contributed by atoms with Crippen LogP contribution in [0.5, 0.6) is 0 Å². The zero-order valence-corrected chi connectivity index (χ0v) is 39.0. The van der Waals surface area contributed by atoms with Gasteiger partial charge in [0.05, 0.1) is 23.0 Å². The van der Waals surface area contributed by atoms with Crippen molar-refractivity contribution in [2.45, 2.75) is 152 Å². The SMILES string of the molecule is CC(C)C1=C2[C@@]([C@H](O)CN(CCN(C)C)Cc3cccc(Cl)c3F)(CC[C@]3(C)[C@]2(C)CC[C@@H]2[C@@]4(C)CC[C@H](OC(=O)CC(C)(C)C(=O)O)C(C)(C)[C@@H]4CC[C@]23C)CC1=O. The number of hydrogen-bond acceptors (Lipinski definition) is 7. The number of nitrogens with zero attached hydrogens (tertiary/aromatic N) is 2. The van der Waals surface area contributed by atoms with Crippen molar-refractivity contribution in [2.24, 2.45) is 55.7 Å². The number of esters is 1. The van der Waals surface area contributed by atoms with Gasteiger partial charge in [0.15, 0.2) is 5.78 Å². The van der Waals surface area contributed by atoms with Gasteiger partial charge in [0.2, 0.25) is 0 Å². The van der Waals surface area contributed by atoms with Gasteiger partial charge in [-0.15, -0.1) is 0 Å². The standard InChI is InChI=1S/C49H74ClFN2O6/c1-30(2)39-33(54)26-49(36(55)29-53(25-24-52(11)12)28-31-14-13-15-32(50)40(31)51)23-22-48(10)46(8)20-16-34-44(5,6)37(59-38(56)27-43(3,4)42(57)58)18-19-45(34,7)35(46)17-21-47(48,9)41(39)49/h13-15,30,34-37,55H,16-29H2,1-12H3,(H,57,58)/t34-,35+,36+,37-,45-,46+,47+,48-,49-/m0/s1. The normalized spacial score (nSPS) is 36.0. The van der Waals surface area contributed by atoms with Crippen molar-refractivity contribution >= 4 is 29.3 Å². The van der Waals surface area contributed by atoms with E-state index in [1.807, 2.05) is 14.1 Å². The van der Waals surface area contributed by atoms with E-state index in [0.29, 0.717) is 43.5 Å². The van der Waals surface area contributed by atoms with Crippen molar-refractivity contribution in [1.29, 1.82) is 0 Å². The highest BCUT2D eigenvalue weighted by Crippen LogP contribution is 2.80. The third-order valence-electron chi connectivity index (χ3n) is 17.9. The van der Waals surface area contributed by atoms with Crippen LogP contribution in [0.2, 0.25) is 5.02 Å². The molecule has 0 saturated heterocycles. The fraction of sp³-hybridized carbons (Fsp3) is 0.776. The fourth-order valence-electron chi connectivity index (χ4n) is 14.4. The third-order valence-corrected chi connectivity index (χ3v) is 18.2. The number of allylic oxidation sites excluding steroid dienone is 1. The highest BCUT2D eigenvalue weighted by molar-refractivity contribution is 6.30. The summed E-state index contributed by atoms with van der Waals surface area (Å²) in [5.74, 6) is -0.941. The van der Waals surface area contributed by atoms with Crippen LogP contribution in [0.1, 0.15) is 139 Å². The Morgan fingerprint density at radius 3 is 2.25 bits per heavy atom. The van der Waals surface area contributed by atoms with Gasteiger partial charge in [0.1, 0.15) is 11.9 Å². The van der Waals surface area contributed by atoms with E-state index in [1.54, 1.807) is 32.0 Å². The minimum Gasteiger partial charge on any atom is -0.481 e. The number of aliphatic hydroxyl groups is 1. The van der Waals surface area contributed by atoms with Gasteiger partial charge in [-0.1, -0.05) is 79.1 Å². The number of carboxylic acids is 1. The Morgan fingerprint density at radius 1 is 0.966 bits per heavy atom. The monoisotopic (exact) mass is 841 g/mol. The number of halogens is 2. The number of ketones is 1. The maximum absolute atomic E-state index is 15.3. The van der Waals surface area contributed by atoms with Gasteiger partial charge in [0, 0.05) is 49.0 Å². The Balaban J connectivity index is 1.32. The second-order valence-electron chi connectivity index (χ2n) is 22.4. The molecule has 0 heterocycles. The average molecular weight is 842 g/mol. The predicted octanol–water partition coefficient (Wildman–Crippen LogP) is 9.99. The number of hydrogen-bond donors (Lipinski definition) is 2. The molecule has 4 saturated carbocycles. The first-order valence-electron chi connectivity index (χ1n) is 22.4. The number of rotatable bonds is 13. The highest BCUT2D eigenvalue weighted by atomic mass is 35.5. The summed E-state index contributed by atoms with van der Waals surface area (Å²) < 4.78 is 21.5. The molecule has 0 radical (unpaired) electrons. The summed E-state index contributed by atoms with van der Waals surface area (Å²) in [6, 6.07) is 5.10. The molecule has 6 rings (SSSR count). The molecular formula is C49H74ClFN2O6. The first-order valence-corrected chi connectivity index (χ1v) is 22.8. The molecule has 0 bridgehead atoms. The largest absolute Gasteiger partial charge is 0.481 e. The van der Waals surface area contributed by atoms with Gasteiger partial charge in [-0.25, -0.2) is 4.39 Å². The number of carboxylic acid groups (broad SMARTS) is 1. The van der Waals surface area contributed by atoms with Gasteiger partial charge >= 0.3 is 11.9 Å². The summed E-state index contributed by atoms with van der Waals surface area (Å²) in [4.78, 5) is 43.7. The fourth-order valence-corrected chi connectivity index (χ4v) is 14.6. The molecule has 330 valence electrons. The lowest BCUT2D eigenvalue weighted by atomic mass is 9.29. The third kappa shape index (κ3) is 7.35. The van der Waals surface area contributed by atoms with Gasteiger partial charge in [-0.05, 0) is 136 Å². The van der Waals surface area contributed by atoms with Crippen molar-refractivity contribution in [3.63, 3.8) is 0 Å².